The summed E-state index contributed by atoms with van der Waals surface area (Å²) in [4.78, 5) is 6.76. The molecule has 1 aromatic carbocycles. The minimum atomic E-state index is 0.528. The first-order valence-electron chi connectivity index (χ1n) is 6.07. The van der Waals surface area contributed by atoms with E-state index in [1.54, 1.807) is 0 Å². The molecule has 0 aliphatic carbocycles. The zero-order valence-corrected chi connectivity index (χ0v) is 11.1. The van der Waals surface area contributed by atoms with Gasteiger partial charge in [-0.1, -0.05) is 18.2 Å². The Morgan fingerprint density at radius 3 is 2.78 bits per heavy atom. The van der Waals surface area contributed by atoms with E-state index >= 15 is 0 Å². The minimum Gasteiger partial charge on any atom is -0.362 e. The van der Waals surface area contributed by atoms with Gasteiger partial charge in [-0.2, -0.15) is 5.26 Å². The van der Waals surface area contributed by atoms with Crippen LogP contribution in [0, 0.1) is 18.3 Å². The van der Waals surface area contributed by atoms with Gasteiger partial charge in [0, 0.05) is 25.9 Å². The number of hydrogen-bond donors (Lipinski definition) is 0. The molecule has 3 nitrogen and oxygen atoms in total. The summed E-state index contributed by atoms with van der Waals surface area (Å²) in [6.07, 6.45) is 1.28. The fourth-order valence-electron chi connectivity index (χ4n) is 2.14. The number of pyridine rings is 1. The fourth-order valence-corrected chi connectivity index (χ4v) is 2.14. The number of nitriles is 1. The van der Waals surface area contributed by atoms with Gasteiger partial charge in [0.15, 0.2) is 0 Å². The average Bonchev–Trinajstić information content (AvgIpc) is 2.35. The molecule has 0 fully saturated rings. The predicted molar refractivity (Wildman–Crippen MR) is 74.7 cm³/mol. The maximum atomic E-state index is 8.73. The van der Waals surface area contributed by atoms with E-state index in [4.69, 9.17) is 10.2 Å². The van der Waals surface area contributed by atoms with Crippen LogP contribution in [-0.4, -0.2) is 19.1 Å². The third kappa shape index (κ3) is 2.28. The lowest BCUT2D eigenvalue weighted by Crippen LogP contribution is -2.13. The van der Waals surface area contributed by atoms with Crippen LogP contribution in [0.25, 0.3) is 10.9 Å². The smallest absolute Gasteiger partial charge is 0.132 e. The lowest BCUT2D eigenvalue weighted by molar-refractivity contribution is 0.968. The Morgan fingerprint density at radius 2 is 2.11 bits per heavy atom. The molecule has 2 rings (SSSR count). The fraction of sp³-hybridized carbons (Fsp3) is 0.333. The van der Waals surface area contributed by atoms with Gasteiger partial charge in [0.2, 0.25) is 0 Å². The van der Waals surface area contributed by atoms with Crippen molar-refractivity contribution >= 4 is 16.7 Å². The summed E-state index contributed by atoms with van der Waals surface area (Å²) in [7, 11) is 3.98. The van der Waals surface area contributed by atoms with Crippen molar-refractivity contribution in [2.75, 3.05) is 19.0 Å². The molecule has 0 unspecified atom stereocenters. The molecule has 0 saturated heterocycles. The van der Waals surface area contributed by atoms with Crippen molar-refractivity contribution in [1.29, 1.82) is 5.26 Å². The van der Waals surface area contributed by atoms with E-state index in [1.807, 2.05) is 25.1 Å². The lowest BCUT2D eigenvalue weighted by Gasteiger charge is -2.17. The highest BCUT2D eigenvalue weighted by molar-refractivity contribution is 5.84. The van der Waals surface area contributed by atoms with E-state index in [-0.39, 0.29) is 0 Å². The quantitative estimate of drug-likeness (QED) is 0.826. The Hall–Kier alpha value is -2.08. The number of benzene rings is 1. The van der Waals surface area contributed by atoms with Crippen molar-refractivity contribution in [3.05, 3.63) is 35.4 Å². The van der Waals surface area contributed by atoms with Gasteiger partial charge in [-0.3, -0.25) is 0 Å². The summed E-state index contributed by atoms with van der Waals surface area (Å²) < 4.78 is 0. The van der Waals surface area contributed by atoms with Gasteiger partial charge in [0.05, 0.1) is 11.6 Å². The van der Waals surface area contributed by atoms with Crippen LogP contribution in [0.5, 0.6) is 0 Å². The maximum Gasteiger partial charge on any atom is 0.132 e. The second kappa shape index (κ2) is 5.05. The normalized spacial score (nSPS) is 10.3. The summed E-state index contributed by atoms with van der Waals surface area (Å²) >= 11 is 0. The Bertz CT molecular complexity index is 609. The molecule has 0 saturated carbocycles. The molecular weight excluding hydrogens is 222 g/mol. The minimum absolute atomic E-state index is 0.528. The Balaban J connectivity index is 2.62. The maximum absolute atomic E-state index is 8.73. The molecular formula is C15H17N3. The summed E-state index contributed by atoms with van der Waals surface area (Å²) in [5, 5.41) is 9.88. The van der Waals surface area contributed by atoms with Crippen molar-refractivity contribution in [3.63, 3.8) is 0 Å². The molecule has 0 spiro atoms. The highest BCUT2D eigenvalue weighted by Crippen LogP contribution is 2.25. The van der Waals surface area contributed by atoms with Crippen molar-refractivity contribution in [1.82, 2.24) is 4.98 Å². The van der Waals surface area contributed by atoms with Gasteiger partial charge < -0.3 is 4.90 Å². The number of nitrogens with zero attached hydrogens (tertiary/aromatic N) is 3. The Labute approximate surface area is 108 Å². The number of rotatable bonds is 3. The predicted octanol–water partition coefficient (Wildman–Crippen LogP) is 3.07. The van der Waals surface area contributed by atoms with Crippen molar-refractivity contribution in [2.24, 2.45) is 0 Å². The van der Waals surface area contributed by atoms with E-state index < -0.39 is 0 Å². The molecule has 0 bridgehead atoms. The molecule has 1 heterocycles. The van der Waals surface area contributed by atoms with Gasteiger partial charge in [-0.25, -0.2) is 4.98 Å². The molecule has 1 aromatic heterocycles. The summed E-state index contributed by atoms with van der Waals surface area (Å²) in [5.74, 6) is 0.965. The Morgan fingerprint density at radius 1 is 1.33 bits per heavy atom. The van der Waals surface area contributed by atoms with Crippen LogP contribution in [0.15, 0.2) is 24.3 Å². The van der Waals surface area contributed by atoms with Crippen LogP contribution >= 0.6 is 0 Å². The molecule has 0 aliphatic rings. The topological polar surface area (TPSA) is 39.9 Å². The van der Waals surface area contributed by atoms with Crippen molar-refractivity contribution in [2.45, 2.75) is 19.8 Å². The number of fused-ring (bicyclic) bond motifs is 1. The van der Waals surface area contributed by atoms with Crippen LogP contribution in [0.1, 0.15) is 17.5 Å². The van der Waals surface area contributed by atoms with Crippen LogP contribution in [-0.2, 0) is 6.42 Å². The van der Waals surface area contributed by atoms with Gasteiger partial charge in [0.25, 0.3) is 0 Å². The molecule has 92 valence electrons. The summed E-state index contributed by atoms with van der Waals surface area (Å²) in [6.45, 7) is 2.07. The van der Waals surface area contributed by atoms with Crippen LogP contribution in [0.3, 0.4) is 0 Å². The first-order chi connectivity index (χ1) is 8.63. The zero-order chi connectivity index (χ0) is 13.1. The molecule has 2 aromatic rings. The third-order valence-electron chi connectivity index (χ3n) is 3.03. The molecule has 3 heteroatoms. The molecule has 0 amide bonds. The second-order valence-corrected chi connectivity index (χ2v) is 4.67. The monoisotopic (exact) mass is 239 g/mol. The number of anilines is 1. The molecule has 0 radical (unpaired) electrons. The number of aryl methyl sites for hydroxylation is 2. The molecule has 18 heavy (non-hydrogen) atoms. The van der Waals surface area contributed by atoms with Gasteiger partial charge in [0.1, 0.15) is 5.82 Å². The van der Waals surface area contributed by atoms with E-state index in [0.717, 1.165) is 28.7 Å². The zero-order valence-electron chi connectivity index (χ0n) is 11.1. The second-order valence-electron chi connectivity index (χ2n) is 4.67. The molecule has 0 N–H and O–H groups in total. The average molecular weight is 239 g/mol. The van der Waals surface area contributed by atoms with Crippen molar-refractivity contribution < 1.29 is 0 Å². The SMILES string of the molecule is Cc1cccc2cc(CCC#N)c(N(C)C)nc12. The highest BCUT2D eigenvalue weighted by Gasteiger charge is 2.09. The standard InChI is InChI=1S/C15H17N3/c1-11-6-4-7-12-10-13(8-5-9-16)15(18(2)3)17-14(11)12/h4,6-7,10H,5,8H2,1-3H3. The van der Waals surface area contributed by atoms with Crippen molar-refractivity contribution in [3.8, 4) is 6.07 Å². The van der Waals surface area contributed by atoms with E-state index in [9.17, 15) is 0 Å². The number of para-hydroxylation sites is 1. The van der Waals surface area contributed by atoms with E-state index in [0.29, 0.717) is 6.42 Å². The lowest BCUT2D eigenvalue weighted by atomic mass is 10.1. The summed E-state index contributed by atoms with van der Waals surface area (Å²) in [6, 6.07) is 10.5. The molecule has 0 aliphatic heterocycles. The number of aromatic nitrogens is 1. The largest absolute Gasteiger partial charge is 0.362 e. The number of hydrogen-bond acceptors (Lipinski definition) is 3. The summed E-state index contributed by atoms with van der Waals surface area (Å²) in [5.41, 5.74) is 3.36. The van der Waals surface area contributed by atoms with Gasteiger partial charge in [-0.05, 0) is 30.5 Å². The van der Waals surface area contributed by atoms with E-state index in [1.165, 1.54) is 5.56 Å². The first kappa shape index (κ1) is 12.4. The highest BCUT2D eigenvalue weighted by atomic mass is 15.1. The van der Waals surface area contributed by atoms with E-state index in [2.05, 4.69) is 31.2 Å². The molecule has 0 atom stereocenters. The van der Waals surface area contributed by atoms with Crippen LogP contribution in [0.4, 0.5) is 5.82 Å². The Kier molecular flexibility index (Phi) is 3.47. The van der Waals surface area contributed by atoms with Crippen LogP contribution < -0.4 is 4.90 Å². The van der Waals surface area contributed by atoms with Crippen LogP contribution in [0.2, 0.25) is 0 Å². The third-order valence-corrected chi connectivity index (χ3v) is 3.03. The van der Waals surface area contributed by atoms with Gasteiger partial charge >= 0.3 is 0 Å². The van der Waals surface area contributed by atoms with Gasteiger partial charge in [-0.15, -0.1) is 0 Å². The first-order valence-corrected chi connectivity index (χ1v) is 6.07.